The molecule has 11 rings (SSSR count). The minimum Gasteiger partial charge on any atom is -0.488 e. The fourth-order valence-electron chi connectivity index (χ4n) is 11.2. The van der Waals surface area contributed by atoms with Gasteiger partial charge in [-0.1, -0.05) is 115 Å². The second-order valence-corrected chi connectivity index (χ2v) is 15.9. The van der Waals surface area contributed by atoms with Crippen LogP contribution in [0.3, 0.4) is 0 Å². The number of benzene rings is 2. The second-order valence-electron chi connectivity index (χ2n) is 15.9. The molecule has 9 unspecified atom stereocenters. The third-order valence-electron chi connectivity index (χ3n) is 13.4. The highest BCUT2D eigenvalue weighted by molar-refractivity contribution is 5.81. The zero-order chi connectivity index (χ0) is 33.5. The summed E-state index contributed by atoms with van der Waals surface area (Å²) in [6, 6.07) is 19.9. The summed E-state index contributed by atoms with van der Waals surface area (Å²) in [5.74, 6) is 2.97. The van der Waals surface area contributed by atoms with Crippen molar-refractivity contribution in [3.63, 3.8) is 0 Å². The third kappa shape index (κ3) is 4.73. The molecule has 0 spiro atoms. The van der Waals surface area contributed by atoms with E-state index in [-0.39, 0.29) is 6.10 Å². The lowest BCUT2D eigenvalue weighted by Crippen LogP contribution is -2.53. The van der Waals surface area contributed by atoms with Gasteiger partial charge in [-0.25, -0.2) is 0 Å². The number of hydrogen-bond acceptors (Lipinski definition) is 3. The maximum Gasteiger partial charge on any atom is 0.125 e. The van der Waals surface area contributed by atoms with E-state index < -0.39 is 0 Å². The summed E-state index contributed by atoms with van der Waals surface area (Å²) in [6.45, 7) is 0. The van der Waals surface area contributed by atoms with E-state index in [2.05, 4.69) is 149 Å². The number of nitrogens with zero attached hydrogens (tertiary/aromatic N) is 2. The van der Waals surface area contributed by atoms with Crippen LogP contribution in [-0.2, 0) is 4.74 Å². The Morgan fingerprint density at radius 2 is 1.65 bits per heavy atom. The molecule has 0 saturated carbocycles. The Labute approximate surface area is 302 Å². The van der Waals surface area contributed by atoms with Gasteiger partial charge in [0.1, 0.15) is 11.9 Å². The van der Waals surface area contributed by atoms with Gasteiger partial charge in [-0.2, -0.15) is 0 Å². The molecule has 0 bridgehead atoms. The number of likely N-dealkylation sites (tertiary alicyclic amines) is 1. The molecule has 3 aliphatic heterocycles. The average Bonchev–Trinajstić information content (AvgIpc) is 3.86. The van der Waals surface area contributed by atoms with Crippen molar-refractivity contribution in [1.82, 2.24) is 4.90 Å². The predicted molar refractivity (Wildman–Crippen MR) is 209 cm³/mol. The van der Waals surface area contributed by atoms with Crippen molar-refractivity contribution in [2.45, 2.75) is 81.1 Å². The minimum atomic E-state index is 0.231. The van der Waals surface area contributed by atoms with Gasteiger partial charge in [0.2, 0.25) is 0 Å². The molecule has 0 radical (unpaired) electrons. The quantitative estimate of drug-likeness (QED) is 0.302. The van der Waals surface area contributed by atoms with Crippen molar-refractivity contribution in [1.29, 1.82) is 0 Å². The van der Waals surface area contributed by atoms with E-state index in [4.69, 9.17) is 4.74 Å². The highest BCUT2D eigenvalue weighted by atomic mass is 16.5. The summed E-state index contributed by atoms with van der Waals surface area (Å²) < 4.78 is 6.83. The zero-order valence-corrected chi connectivity index (χ0v) is 29.2. The lowest BCUT2D eigenvalue weighted by atomic mass is 9.79. The van der Waals surface area contributed by atoms with Crippen LogP contribution in [0.25, 0.3) is 11.1 Å². The van der Waals surface area contributed by atoms with Gasteiger partial charge in [-0.05, 0) is 103 Å². The highest BCUT2D eigenvalue weighted by Crippen LogP contribution is 2.52. The molecule has 3 heteroatoms. The largest absolute Gasteiger partial charge is 0.488 e. The molecule has 254 valence electrons. The van der Waals surface area contributed by atoms with E-state index in [1.165, 1.54) is 57.6 Å². The number of ether oxygens (including phenoxy) is 1. The van der Waals surface area contributed by atoms with Crippen LogP contribution in [0.1, 0.15) is 67.6 Å². The second kappa shape index (κ2) is 12.0. The third-order valence-corrected chi connectivity index (χ3v) is 13.4. The fraction of sp³-hybridized carbons (Fsp3) is 0.333. The number of hydrogen-bond donors (Lipinski definition) is 0. The van der Waals surface area contributed by atoms with Gasteiger partial charge in [0.25, 0.3) is 0 Å². The van der Waals surface area contributed by atoms with Gasteiger partial charge in [-0.15, -0.1) is 0 Å². The van der Waals surface area contributed by atoms with Gasteiger partial charge >= 0.3 is 0 Å². The number of anilines is 1. The van der Waals surface area contributed by atoms with Crippen LogP contribution in [-0.4, -0.2) is 35.2 Å². The topological polar surface area (TPSA) is 15.7 Å². The van der Waals surface area contributed by atoms with Gasteiger partial charge in [-0.3, -0.25) is 4.90 Å². The molecular weight excluding hydrogens is 621 g/mol. The van der Waals surface area contributed by atoms with Crippen molar-refractivity contribution in [3.8, 4) is 0 Å². The molecular formula is C48H46N2O. The number of allylic oxidation sites excluding steroid dienone is 10. The van der Waals surface area contributed by atoms with Crippen molar-refractivity contribution in [2.75, 3.05) is 4.90 Å². The number of rotatable bonds is 4. The standard InChI is InChI=1S/C48H46N2O/c1-2-12-31(13-3-1)32-14-10-15-35(28-32)49-42-20-7-4-16-36(42)40-29-33(24-26-44(40)49)34-25-27-45-41(30-34)37-17-5-8-21-43(37)50(45)46-22-11-19-39-38-18-6-9-23-47(38)51-48(39)46/h1-5,7,9,11-13,15-17,19-20,23-30,36-37,39,41-43,45-46,48H,6,8,10,14,18,21-22H2. The summed E-state index contributed by atoms with van der Waals surface area (Å²) >= 11 is 0. The van der Waals surface area contributed by atoms with Crippen LogP contribution in [0.2, 0.25) is 0 Å². The van der Waals surface area contributed by atoms with E-state index in [1.807, 2.05) is 0 Å². The molecule has 3 heterocycles. The van der Waals surface area contributed by atoms with Crippen LogP contribution in [0.15, 0.2) is 157 Å². The molecule has 2 aromatic carbocycles. The summed E-state index contributed by atoms with van der Waals surface area (Å²) in [7, 11) is 0. The van der Waals surface area contributed by atoms with Crippen molar-refractivity contribution in [3.05, 3.63) is 173 Å². The fourth-order valence-corrected chi connectivity index (χ4v) is 11.2. The lowest BCUT2D eigenvalue weighted by Gasteiger charge is -2.43. The van der Waals surface area contributed by atoms with Gasteiger partial charge in [0, 0.05) is 47.1 Å². The van der Waals surface area contributed by atoms with Crippen LogP contribution >= 0.6 is 0 Å². The van der Waals surface area contributed by atoms with Crippen LogP contribution in [0.4, 0.5) is 5.69 Å². The molecule has 9 aliphatic rings. The smallest absolute Gasteiger partial charge is 0.125 e. The molecule has 3 nitrogen and oxygen atoms in total. The zero-order valence-electron chi connectivity index (χ0n) is 29.2. The van der Waals surface area contributed by atoms with Crippen LogP contribution in [0.5, 0.6) is 0 Å². The molecule has 0 N–H and O–H groups in total. The lowest BCUT2D eigenvalue weighted by molar-refractivity contribution is 0.00344. The van der Waals surface area contributed by atoms with Gasteiger partial charge in [0.05, 0.1) is 12.1 Å². The summed E-state index contributed by atoms with van der Waals surface area (Å²) in [4.78, 5) is 5.53. The van der Waals surface area contributed by atoms with Gasteiger partial charge in [0.15, 0.2) is 0 Å². The predicted octanol–water partition coefficient (Wildman–Crippen LogP) is 10.4. The number of fused-ring (bicyclic) bond motifs is 8. The molecule has 6 aliphatic carbocycles. The maximum atomic E-state index is 6.83. The summed E-state index contributed by atoms with van der Waals surface area (Å²) in [5.41, 5.74) is 11.2. The maximum absolute atomic E-state index is 6.83. The summed E-state index contributed by atoms with van der Waals surface area (Å²) in [5, 5.41) is 0. The normalized spacial score (nSPS) is 35.3. The highest BCUT2D eigenvalue weighted by Gasteiger charge is 2.54. The van der Waals surface area contributed by atoms with Crippen molar-refractivity contribution in [2.24, 2.45) is 17.8 Å². The molecule has 1 fully saturated rings. The SMILES string of the molecule is C1=CC2c3cc(C4=CC5C6C=CCCC6N(C6CC=CC7C8=C(C=CCC8)OC76)C5C=C4)ccc3N(C3=CCCC(c4ccccc4)=C3)C2C=C1. The Morgan fingerprint density at radius 1 is 0.706 bits per heavy atom. The monoisotopic (exact) mass is 666 g/mol. The Bertz CT molecular complexity index is 2080. The minimum absolute atomic E-state index is 0.231. The van der Waals surface area contributed by atoms with E-state index in [9.17, 15) is 0 Å². The van der Waals surface area contributed by atoms with E-state index >= 15 is 0 Å². The first-order valence-corrected chi connectivity index (χ1v) is 19.6. The molecule has 9 atom stereocenters. The van der Waals surface area contributed by atoms with E-state index in [0.29, 0.717) is 47.8 Å². The van der Waals surface area contributed by atoms with Crippen molar-refractivity contribution >= 4 is 16.8 Å². The first-order valence-electron chi connectivity index (χ1n) is 19.6. The Kier molecular flexibility index (Phi) is 7.07. The van der Waals surface area contributed by atoms with Crippen LogP contribution in [0, 0.1) is 17.8 Å². The molecule has 2 aromatic rings. The Morgan fingerprint density at radius 3 is 2.61 bits per heavy atom. The average molecular weight is 667 g/mol. The molecule has 0 amide bonds. The first-order chi connectivity index (χ1) is 25.3. The first kappa shape index (κ1) is 30.1. The van der Waals surface area contributed by atoms with Crippen LogP contribution < -0.4 is 4.90 Å². The molecule has 51 heavy (non-hydrogen) atoms. The van der Waals surface area contributed by atoms with E-state index in [0.717, 1.165) is 37.9 Å². The van der Waals surface area contributed by atoms with E-state index in [1.54, 1.807) is 0 Å². The van der Waals surface area contributed by atoms with Gasteiger partial charge < -0.3 is 9.64 Å². The summed E-state index contributed by atoms with van der Waals surface area (Å²) in [6.07, 6.45) is 44.6. The Hall–Kier alpha value is -4.60. The van der Waals surface area contributed by atoms with Crippen molar-refractivity contribution < 1.29 is 4.74 Å². The molecule has 0 aromatic heterocycles. The Balaban J connectivity index is 0.916. The molecule has 1 saturated heterocycles.